The summed E-state index contributed by atoms with van der Waals surface area (Å²) in [6.45, 7) is 7.38. The number of hydrogen-bond acceptors (Lipinski definition) is 6. The Morgan fingerprint density at radius 2 is 1.69 bits per heavy atom. The Labute approximate surface area is 203 Å². The molecule has 1 unspecified atom stereocenters. The Kier molecular flexibility index (Phi) is 6.51. The molecule has 1 amide bonds. The summed E-state index contributed by atoms with van der Waals surface area (Å²) >= 11 is 0. The summed E-state index contributed by atoms with van der Waals surface area (Å²) < 4.78 is 5.22. The van der Waals surface area contributed by atoms with Crippen molar-refractivity contribution in [1.82, 2.24) is 4.98 Å². The molecule has 1 aliphatic rings. The predicted octanol–water partition coefficient (Wildman–Crippen LogP) is 4.89. The highest BCUT2D eigenvalue weighted by Crippen LogP contribution is 2.42. The molecule has 7 heteroatoms. The second-order valence-corrected chi connectivity index (χ2v) is 8.76. The molecule has 2 heterocycles. The summed E-state index contributed by atoms with van der Waals surface area (Å²) in [5.74, 6) is -2.30. The molecule has 1 aromatic heterocycles. The number of anilines is 1. The van der Waals surface area contributed by atoms with Crippen molar-refractivity contribution in [3.63, 3.8) is 0 Å². The zero-order valence-corrected chi connectivity index (χ0v) is 20.0. The third-order valence-corrected chi connectivity index (χ3v) is 5.95. The van der Waals surface area contributed by atoms with E-state index in [4.69, 9.17) is 4.74 Å². The van der Waals surface area contributed by atoms with Crippen LogP contribution in [0.2, 0.25) is 0 Å². The lowest BCUT2D eigenvalue weighted by atomic mass is 9.95. The number of nitrogens with zero attached hydrogens (tertiary/aromatic N) is 2. The van der Waals surface area contributed by atoms with E-state index in [1.807, 2.05) is 19.9 Å². The number of esters is 1. The minimum Gasteiger partial charge on any atom is -0.507 e. The number of aromatic nitrogens is 1. The zero-order valence-electron chi connectivity index (χ0n) is 20.0. The second-order valence-electron chi connectivity index (χ2n) is 8.76. The van der Waals surface area contributed by atoms with Gasteiger partial charge >= 0.3 is 5.97 Å². The number of aryl methyl sites for hydroxylation is 2. The fraction of sp³-hybridized carbons (Fsp3) is 0.214. The Morgan fingerprint density at radius 1 is 1.00 bits per heavy atom. The zero-order chi connectivity index (χ0) is 25.3. The van der Waals surface area contributed by atoms with Crippen molar-refractivity contribution in [2.45, 2.75) is 39.8 Å². The van der Waals surface area contributed by atoms with E-state index in [9.17, 15) is 19.5 Å². The van der Waals surface area contributed by atoms with Crippen molar-refractivity contribution in [1.29, 1.82) is 0 Å². The van der Waals surface area contributed by atoms with Crippen molar-refractivity contribution in [3.8, 4) is 0 Å². The number of ketones is 1. The van der Waals surface area contributed by atoms with Gasteiger partial charge in [-0.3, -0.25) is 19.5 Å². The molecule has 3 aromatic rings. The van der Waals surface area contributed by atoms with Crippen LogP contribution in [0.25, 0.3) is 5.76 Å². The van der Waals surface area contributed by atoms with Gasteiger partial charge in [-0.15, -0.1) is 0 Å². The number of hydrogen-bond donors (Lipinski definition) is 1. The fourth-order valence-corrected chi connectivity index (χ4v) is 4.04. The number of Topliss-reactive ketones (excluding diaryl/α,β-unsaturated/α-hetero) is 1. The number of amides is 1. The number of carbonyl (C=O) groups is 3. The monoisotopic (exact) mass is 470 g/mol. The number of benzene rings is 2. The standard InChI is InChI=1S/C28H26N2O5/c1-16(2)35-28(34)19-9-11-22(12-10-19)30-24(21-6-5-13-29-15-21)23(26(32)27(30)33)25(31)20-8-7-17(3)18(4)14-20/h5-16,24,31H,1-4H3/b25-23-. The molecule has 4 rings (SSSR count). The molecule has 1 fully saturated rings. The van der Waals surface area contributed by atoms with Crippen LogP contribution in [-0.4, -0.2) is 33.9 Å². The van der Waals surface area contributed by atoms with Crippen LogP contribution >= 0.6 is 0 Å². The summed E-state index contributed by atoms with van der Waals surface area (Å²) in [5.41, 5.74) is 3.72. The van der Waals surface area contributed by atoms with Gasteiger partial charge in [0.05, 0.1) is 23.3 Å². The molecule has 7 nitrogen and oxygen atoms in total. The van der Waals surface area contributed by atoms with E-state index in [-0.39, 0.29) is 17.4 Å². The smallest absolute Gasteiger partial charge is 0.338 e. The summed E-state index contributed by atoms with van der Waals surface area (Å²) in [6.07, 6.45) is 2.88. The predicted molar refractivity (Wildman–Crippen MR) is 132 cm³/mol. The number of aliphatic hydroxyl groups is 1. The normalized spacial score (nSPS) is 17.2. The highest BCUT2D eigenvalue weighted by Gasteiger charge is 2.47. The topological polar surface area (TPSA) is 96.8 Å². The van der Waals surface area contributed by atoms with Gasteiger partial charge in [0.1, 0.15) is 5.76 Å². The van der Waals surface area contributed by atoms with E-state index in [2.05, 4.69) is 4.98 Å². The molecule has 178 valence electrons. The SMILES string of the molecule is Cc1ccc(/C(O)=C2/C(=O)C(=O)N(c3ccc(C(=O)OC(C)C)cc3)C2c2cccnc2)cc1C. The minimum atomic E-state index is -0.890. The first-order chi connectivity index (χ1) is 16.7. The van der Waals surface area contributed by atoms with Gasteiger partial charge in [-0.1, -0.05) is 18.2 Å². The van der Waals surface area contributed by atoms with Crippen molar-refractivity contribution in [3.05, 3.63) is 100 Å². The van der Waals surface area contributed by atoms with E-state index >= 15 is 0 Å². The van der Waals surface area contributed by atoms with E-state index in [0.29, 0.717) is 22.4 Å². The van der Waals surface area contributed by atoms with Gasteiger partial charge < -0.3 is 9.84 Å². The van der Waals surface area contributed by atoms with Crippen LogP contribution in [0.4, 0.5) is 5.69 Å². The lowest BCUT2D eigenvalue weighted by Gasteiger charge is -2.25. The van der Waals surface area contributed by atoms with Crippen molar-refractivity contribution < 1.29 is 24.2 Å². The van der Waals surface area contributed by atoms with Crippen LogP contribution < -0.4 is 4.90 Å². The minimum absolute atomic E-state index is 0.0189. The van der Waals surface area contributed by atoms with Crippen LogP contribution in [0.3, 0.4) is 0 Å². The molecular formula is C28H26N2O5. The van der Waals surface area contributed by atoms with Gasteiger partial charge in [-0.2, -0.15) is 0 Å². The van der Waals surface area contributed by atoms with E-state index < -0.39 is 23.7 Å². The maximum absolute atomic E-state index is 13.2. The average molecular weight is 471 g/mol. The average Bonchev–Trinajstić information content (AvgIpc) is 3.11. The molecule has 2 aromatic carbocycles. The van der Waals surface area contributed by atoms with Crippen LogP contribution in [-0.2, 0) is 14.3 Å². The van der Waals surface area contributed by atoms with E-state index in [1.54, 1.807) is 74.8 Å². The van der Waals surface area contributed by atoms with Gasteiger partial charge in [0.15, 0.2) is 0 Å². The molecule has 0 spiro atoms. The van der Waals surface area contributed by atoms with E-state index in [1.165, 1.54) is 4.90 Å². The summed E-state index contributed by atoms with van der Waals surface area (Å²) in [5, 5.41) is 11.2. The Morgan fingerprint density at radius 3 is 2.29 bits per heavy atom. The van der Waals surface area contributed by atoms with Crippen LogP contribution in [0.15, 0.2) is 72.6 Å². The maximum atomic E-state index is 13.2. The largest absolute Gasteiger partial charge is 0.507 e. The van der Waals surface area contributed by atoms with Gasteiger partial charge in [-0.25, -0.2) is 4.79 Å². The molecule has 1 atom stereocenters. The third-order valence-electron chi connectivity index (χ3n) is 5.95. The number of aliphatic hydroxyl groups excluding tert-OH is 1. The van der Waals surface area contributed by atoms with Crippen molar-refractivity contribution in [2.24, 2.45) is 0 Å². The molecule has 0 saturated carbocycles. The highest BCUT2D eigenvalue weighted by molar-refractivity contribution is 6.51. The number of carbonyl (C=O) groups excluding carboxylic acids is 3. The quantitative estimate of drug-likeness (QED) is 0.247. The molecule has 0 aliphatic carbocycles. The van der Waals surface area contributed by atoms with Crippen molar-refractivity contribution >= 4 is 29.1 Å². The second kappa shape index (κ2) is 9.54. The lowest BCUT2D eigenvalue weighted by molar-refractivity contribution is -0.132. The Balaban J connectivity index is 1.83. The molecule has 0 radical (unpaired) electrons. The summed E-state index contributed by atoms with van der Waals surface area (Å²) in [4.78, 5) is 44.2. The van der Waals surface area contributed by atoms with Crippen LogP contribution in [0, 0.1) is 13.8 Å². The van der Waals surface area contributed by atoms with Crippen molar-refractivity contribution in [2.75, 3.05) is 4.90 Å². The summed E-state index contributed by atoms with van der Waals surface area (Å²) in [6, 6.07) is 14.2. The van der Waals surface area contributed by atoms with E-state index in [0.717, 1.165) is 11.1 Å². The van der Waals surface area contributed by atoms with Gasteiger partial charge in [-0.05, 0) is 80.8 Å². The number of pyridine rings is 1. The molecule has 1 saturated heterocycles. The highest BCUT2D eigenvalue weighted by atomic mass is 16.5. The Bertz CT molecular complexity index is 1330. The van der Waals surface area contributed by atoms with Gasteiger partial charge in [0.25, 0.3) is 11.7 Å². The van der Waals surface area contributed by atoms with Crippen LogP contribution in [0.1, 0.15) is 52.5 Å². The van der Waals surface area contributed by atoms with Crippen LogP contribution in [0.5, 0.6) is 0 Å². The number of ether oxygens (including phenoxy) is 1. The lowest BCUT2D eigenvalue weighted by Crippen LogP contribution is -2.29. The molecular weight excluding hydrogens is 444 g/mol. The maximum Gasteiger partial charge on any atom is 0.338 e. The summed E-state index contributed by atoms with van der Waals surface area (Å²) in [7, 11) is 0. The molecule has 35 heavy (non-hydrogen) atoms. The first-order valence-electron chi connectivity index (χ1n) is 11.3. The third kappa shape index (κ3) is 4.57. The first-order valence-corrected chi connectivity index (χ1v) is 11.3. The van der Waals surface area contributed by atoms with Gasteiger partial charge in [0, 0.05) is 23.6 Å². The Hall–Kier alpha value is -4.26. The fourth-order valence-electron chi connectivity index (χ4n) is 4.04. The molecule has 1 N–H and O–H groups in total. The number of rotatable bonds is 5. The van der Waals surface area contributed by atoms with Gasteiger partial charge in [0.2, 0.25) is 0 Å². The first kappa shape index (κ1) is 23.9. The molecule has 0 bridgehead atoms. The molecule has 1 aliphatic heterocycles.